The van der Waals surface area contributed by atoms with Crippen molar-refractivity contribution in [3.63, 3.8) is 0 Å². The number of piperidine rings is 1. The quantitative estimate of drug-likeness (QED) is 0.598. The van der Waals surface area contributed by atoms with Gasteiger partial charge in [0.15, 0.2) is 5.69 Å². The first-order valence-electron chi connectivity index (χ1n) is 10.2. The fraction of sp³-hybridized carbons (Fsp3) is 0.348. The summed E-state index contributed by atoms with van der Waals surface area (Å²) in [6.07, 6.45) is 6.99. The summed E-state index contributed by atoms with van der Waals surface area (Å²) in [5.41, 5.74) is 2.81. The molecule has 0 radical (unpaired) electrons. The van der Waals surface area contributed by atoms with Crippen LogP contribution in [-0.4, -0.2) is 38.4 Å². The Bertz CT molecular complexity index is 939. The number of aryl methyl sites for hydroxylation is 1. The SMILES string of the molecule is O=C(c1cn(Cc2ccc(Cl)cc2)nn1)N1CCCCC1CCc1ccccc1. The number of aromatic nitrogens is 3. The van der Waals surface area contributed by atoms with Crippen LogP contribution in [0.15, 0.2) is 60.8 Å². The number of amides is 1. The summed E-state index contributed by atoms with van der Waals surface area (Å²) in [5.74, 6) is -0.00915. The van der Waals surface area contributed by atoms with Gasteiger partial charge in [-0.25, -0.2) is 4.68 Å². The topological polar surface area (TPSA) is 51.0 Å². The van der Waals surface area contributed by atoms with Crippen molar-refractivity contribution in [2.75, 3.05) is 6.54 Å². The van der Waals surface area contributed by atoms with E-state index in [9.17, 15) is 4.79 Å². The number of hydrogen-bond acceptors (Lipinski definition) is 3. The Morgan fingerprint density at radius 1 is 1.03 bits per heavy atom. The van der Waals surface area contributed by atoms with E-state index in [1.807, 2.05) is 35.2 Å². The molecule has 1 amide bonds. The zero-order valence-electron chi connectivity index (χ0n) is 16.4. The second-order valence-corrected chi connectivity index (χ2v) is 8.04. The standard InChI is InChI=1S/C23H25ClN4O/c24-20-12-9-19(10-13-20)16-27-17-22(25-26-27)23(29)28-15-5-4-8-21(28)14-11-18-6-2-1-3-7-18/h1-3,6-7,9-10,12-13,17,21H,4-5,8,11,14-16H2. The van der Waals surface area contributed by atoms with Crippen molar-refractivity contribution in [1.82, 2.24) is 19.9 Å². The zero-order valence-corrected chi connectivity index (χ0v) is 17.1. The Kier molecular flexibility index (Phi) is 6.25. The maximum Gasteiger partial charge on any atom is 0.276 e. The van der Waals surface area contributed by atoms with Gasteiger partial charge in [-0.15, -0.1) is 5.10 Å². The number of nitrogens with zero attached hydrogens (tertiary/aromatic N) is 4. The van der Waals surface area contributed by atoms with E-state index >= 15 is 0 Å². The Labute approximate surface area is 176 Å². The molecule has 29 heavy (non-hydrogen) atoms. The average Bonchev–Trinajstić information content (AvgIpc) is 3.23. The highest BCUT2D eigenvalue weighted by Crippen LogP contribution is 2.23. The summed E-state index contributed by atoms with van der Waals surface area (Å²) in [4.78, 5) is 15.1. The van der Waals surface area contributed by atoms with Crippen LogP contribution in [0.25, 0.3) is 0 Å². The molecule has 0 N–H and O–H groups in total. The number of halogens is 1. The van der Waals surface area contributed by atoms with Gasteiger partial charge in [0.05, 0.1) is 12.7 Å². The number of carbonyl (C=O) groups excluding carboxylic acids is 1. The van der Waals surface area contributed by atoms with Crippen molar-refractivity contribution in [2.45, 2.75) is 44.7 Å². The first-order chi connectivity index (χ1) is 14.2. The molecule has 6 heteroatoms. The van der Waals surface area contributed by atoms with E-state index in [2.05, 4.69) is 34.6 Å². The second-order valence-electron chi connectivity index (χ2n) is 7.60. The zero-order chi connectivity index (χ0) is 20.1. The van der Waals surface area contributed by atoms with Gasteiger partial charge in [-0.05, 0) is 55.4 Å². The molecule has 0 spiro atoms. The predicted molar refractivity (Wildman–Crippen MR) is 114 cm³/mol. The van der Waals surface area contributed by atoms with E-state index in [4.69, 9.17) is 11.6 Å². The van der Waals surface area contributed by atoms with Crippen LogP contribution >= 0.6 is 11.6 Å². The minimum atomic E-state index is -0.00915. The first kappa shape index (κ1) is 19.6. The van der Waals surface area contributed by atoms with E-state index < -0.39 is 0 Å². The molecule has 2 aromatic carbocycles. The molecule has 2 heterocycles. The molecular formula is C23H25ClN4O. The lowest BCUT2D eigenvalue weighted by Gasteiger charge is -2.35. The average molecular weight is 409 g/mol. The molecule has 3 aromatic rings. The summed E-state index contributed by atoms with van der Waals surface area (Å²) in [6, 6.07) is 18.3. The number of likely N-dealkylation sites (tertiary alicyclic amines) is 1. The molecule has 1 aliphatic heterocycles. The monoisotopic (exact) mass is 408 g/mol. The van der Waals surface area contributed by atoms with Crippen molar-refractivity contribution in [3.8, 4) is 0 Å². The molecule has 1 fully saturated rings. The fourth-order valence-corrected chi connectivity index (χ4v) is 4.07. The normalized spacial score (nSPS) is 16.7. The minimum Gasteiger partial charge on any atom is -0.334 e. The Balaban J connectivity index is 1.41. The summed E-state index contributed by atoms with van der Waals surface area (Å²) in [5, 5.41) is 9.01. The van der Waals surface area contributed by atoms with Gasteiger partial charge in [0.2, 0.25) is 0 Å². The van der Waals surface area contributed by atoms with Gasteiger partial charge >= 0.3 is 0 Å². The molecule has 0 saturated carbocycles. The molecule has 4 rings (SSSR count). The lowest BCUT2D eigenvalue weighted by Crippen LogP contribution is -2.44. The minimum absolute atomic E-state index is 0.00915. The summed E-state index contributed by atoms with van der Waals surface area (Å²) in [6.45, 7) is 1.36. The van der Waals surface area contributed by atoms with Gasteiger partial charge < -0.3 is 4.90 Å². The van der Waals surface area contributed by atoms with Crippen LogP contribution in [0.5, 0.6) is 0 Å². The van der Waals surface area contributed by atoms with Crippen LogP contribution in [0.2, 0.25) is 5.02 Å². The maximum atomic E-state index is 13.1. The molecule has 1 aliphatic rings. The van der Waals surface area contributed by atoms with Crippen LogP contribution in [0.3, 0.4) is 0 Å². The van der Waals surface area contributed by atoms with Crippen LogP contribution in [0, 0.1) is 0 Å². The van der Waals surface area contributed by atoms with E-state index in [0.717, 1.165) is 37.8 Å². The molecule has 1 aromatic heterocycles. The van der Waals surface area contributed by atoms with E-state index in [1.165, 1.54) is 12.0 Å². The van der Waals surface area contributed by atoms with Crippen molar-refractivity contribution in [3.05, 3.63) is 82.6 Å². The van der Waals surface area contributed by atoms with Gasteiger partial charge in [0.1, 0.15) is 0 Å². The molecule has 0 bridgehead atoms. The molecule has 1 saturated heterocycles. The summed E-state index contributed by atoms with van der Waals surface area (Å²) >= 11 is 5.94. The summed E-state index contributed by atoms with van der Waals surface area (Å²) in [7, 11) is 0. The van der Waals surface area contributed by atoms with Crippen LogP contribution in [-0.2, 0) is 13.0 Å². The lowest BCUT2D eigenvalue weighted by molar-refractivity contribution is 0.0595. The fourth-order valence-electron chi connectivity index (χ4n) is 3.94. The second kappa shape index (κ2) is 9.23. The predicted octanol–water partition coefficient (Wildman–Crippen LogP) is 4.61. The number of rotatable bonds is 6. The highest BCUT2D eigenvalue weighted by Gasteiger charge is 2.28. The van der Waals surface area contributed by atoms with E-state index in [0.29, 0.717) is 17.3 Å². The van der Waals surface area contributed by atoms with Crippen LogP contribution in [0.1, 0.15) is 47.3 Å². The Morgan fingerprint density at radius 2 is 1.83 bits per heavy atom. The number of hydrogen-bond donors (Lipinski definition) is 0. The maximum absolute atomic E-state index is 13.1. The van der Waals surface area contributed by atoms with Gasteiger partial charge in [0, 0.05) is 17.6 Å². The third kappa shape index (κ3) is 5.04. The first-order valence-corrected chi connectivity index (χ1v) is 10.6. The summed E-state index contributed by atoms with van der Waals surface area (Å²) < 4.78 is 1.71. The molecule has 1 unspecified atom stereocenters. The third-order valence-corrected chi connectivity index (χ3v) is 5.76. The van der Waals surface area contributed by atoms with Gasteiger partial charge in [-0.1, -0.05) is 59.3 Å². The highest BCUT2D eigenvalue weighted by atomic mass is 35.5. The van der Waals surface area contributed by atoms with Gasteiger partial charge in [-0.2, -0.15) is 0 Å². The van der Waals surface area contributed by atoms with E-state index in [-0.39, 0.29) is 11.9 Å². The Morgan fingerprint density at radius 3 is 2.62 bits per heavy atom. The third-order valence-electron chi connectivity index (χ3n) is 5.51. The molecule has 1 atom stereocenters. The van der Waals surface area contributed by atoms with E-state index in [1.54, 1.807) is 10.9 Å². The molecular weight excluding hydrogens is 384 g/mol. The highest BCUT2D eigenvalue weighted by molar-refractivity contribution is 6.30. The van der Waals surface area contributed by atoms with Crippen molar-refractivity contribution in [2.24, 2.45) is 0 Å². The smallest absolute Gasteiger partial charge is 0.276 e. The largest absolute Gasteiger partial charge is 0.334 e. The lowest BCUT2D eigenvalue weighted by atomic mass is 9.95. The molecule has 0 aliphatic carbocycles. The van der Waals surface area contributed by atoms with Crippen molar-refractivity contribution in [1.29, 1.82) is 0 Å². The number of carbonyl (C=O) groups is 1. The number of benzene rings is 2. The van der Waals surface area contributed by atoms with Crippen LogP contribution in [0.4, 0.5) is 0 Å². The Hall–Kier alpha value is -2.66. The van der Waals surface area contributed by atoms with Crippen molar-refractivity contribution < 1.29 is 4.79 Å². The molecule has 150 valence electrons. The van der Waals surface area contributed by atoms with Crippen molar-refractivity contribution >= 4 is 17.5 Å². The molecule has 5 nitrogen and oxygen atoms in total. The van der Waals surface area contributed by atoms with Crippen LogP contribution < -0.4 is 0 Å². The van der Waals surface area contributed by atoms with Gasteiger partial charge in [0.25, 0.3) is 5.91 Å². The van der Waals surface area contributed by atoms with Gasteiger partial charge in [-0.3, -0.25) is 4.79 Å².